The molecule has 0 saturated carbocycles. The predicted octanol–water partition coefficient (Wildman–Crippen LogP) is 4.34. The Balaban J connectivity index is 1.43. The SMILES string of the molecule is Cn1ccnc1SC1CCN(C(=O)Oc2ccc(C(=O)NCCC(C)(C)C)cc2)CC1. The number of ether oxygens (including phenoxy) is 1. The van der Waals surface area contributed by atoms with E-state index in [-0.39, 0.29) is 17.4 Å². The molecule has 2 aromatic rings. The Labute approximate surface area is 188 Å². The number of carbonyl (C=O) groups excluding carboxylic acids is 2. The molecule has 8 heteroatoms. The smallest absolute Gasteiger partial charge is 0.410 e. The van der Waals surface area contributed by atoms with Gasteiger partial charge in [0, 0.05) is 49.9 Å². The molecular formula is C23H32N4O3S. The number of rotatable bonds is 6. The Bertz CT molecular complexity index is 881. The van der Waals surface area contributed by atoms with Gasteiger partial charge < -0.3 is 19.5 Å². The Morgan fingerprint density at radius 1 is 1.19 bits per heavy atom. The van der Waals surface area contributed by atoms with Crippen molar-refractivity contribution in [1.29, 1.82) is 0 Å². The number of aromatic nitrogens is 2. The lowest BCUT2D eigenvalue weighted by Crippen LogP contribution is -2.41. The standard InChI is InChI=1S/C23H32N4O3S/c1-23(2,3)11-12-24-20(28)17-5-7-18(8-6-17)30-22(29)27-14-9-19(10-15-27)31-21-25-13-16-26(21)4/h5-8,13,16,19H,9-12,14-15H2,1-4H3,(H,24,28). The Morgan fingerprint density at radius 2 is 1.87 bits per heavy atom. The number of carbonyl (C=O) groups is 2. The van der Waals surface area contributed by atoms with Crippen LogP contribution in [0.2, 0.25) is 0 Å². The van der Waals surface area contributed by atoms with Crippen LogP contribution in [-0.4, -0.2) is 51.3 Å². The third-order valence-corrected chi connectivity index (χ3v) is 6.64. The van der Waals surface area contributed by atoms with Gasteiger partial charge in [0.1, 0.15) is 5.75 Å². The van der Waals surface area contributed by atoms with E-state index in [0.717, 1.165) is 24.4 Å². The average molecular weight is 445 g/mol. The van der Waals surface area contributed by atoms with Gasteiger partial charge in [0.15, 0.2) is 5.16 Å². The van der Waals surface area contributed by atoms with Crippen molar-refractivity contribution in [2.45, 2.75) is 50.4 Å². The number of thioether (sulfide) groups is 1. The van der Waals surface area contributed by atoms with E-state index in [2.05, 4.69) is 31.1 Å². The summed E-state index contributed by atoms with van der Waals surface area (Å²) in [5.74, 6) is 0.329. The summed E-state index contributed by atoms with van der Waals surface area (Å²) >= 11 is 1.76. The van der Waals surface area contributed by atoms with Gasteiger partial charge in [0.25, 0.3) is 5.91 Å². The number of benzene rings is 1. The molecule has 31 heavy (non-hydrogen) atoms. The fraction of sp³-hybridized carbons (Fsp3) is 0.522. The van der Waals surface area contributed by atoms with Crippen molar-refractivity contribution in [1.82, 2.24) is 19.8 Å². The van der Waals surface area contributed by atoms with Crippen molar-refractivity contribution < 1.29 is 14.3 Å². The molecule has 0 spiro atoms. The first-order valence-corrected chi connectivity index (χ1v) is 11.6. The summed E-state index contributed by atoms with van der Waals surface area (Å²) in [7, 11) is 1.99. The maximum atomic E-state index is 12.5. The fourth-order valence-corrected chi connectivity index (χ4v) is 4.36. The number of aryl methyl sites for hydroxylation is 1. The zero-order valence-electron chi connectivity index (χ0n) is 18.8. The van der Waals surface area contributed by atoms with Crippen LogP contribution < -0.4 is 10.1 Å². The zero-order valence-corrected chi connectivity index (χ0v) is 19.6. The predicted molar refractivity (Wildman–Crippen MR) is 123 cm³/mol. The Hall–Kier alpha value is -2.48. The number of piperidine rings is 1. The summed E-state index contributed by atoms with van der Waals surface area (Å²) in [6.45, 7) is 8.39. The number of nitrogens with zero attached hydrogens (tertiary/aromatic N) is 3. The molecule has 0 aliphatic carbocycles. The molecule has 0 atom stereocenters. The highest BCUT2D eigenvalue weighted by atomic mass is 32.2. The highest BCUT2D eigenvalue weighted by Crippen LogP contribution is 2.29. The van der Waals surface area contributed by atoms with Crippen LogP contribution in [0.1, 0.15) is 50.4 Å². The molecule has 2 amide bonds. The van der Waals surface area contributed by atoms with E-state index < -0.39 is 0 Å². The summed E-state index contributed by atoms with van der Waals surface area (Å²) < 4.78 is 7.52. The first kappa shape index (κ1) is 23.2. The second-order valence-corrected chi connectivity index (χ2v) is 10.4. The molecule has 1 aliphatic heterocycles. The van der Waals surface area contributed by atoms with Crippen LogP contribution in [0.5, 0.6) is 5.75 Å². The molecule has 1 fully saturated rings. The van der Waals surface area contributed by atoms with Gasteiger partial charge in [0.05, 0.1) is 0 Å². The lowest BCUT2D eigenvalue weighted by atomic mass is 9.92. The molecule has 7 nitrogen and oxygen atoms in total. The number of likely N-dealkylation sites (tertiary alicyclic amines) is 1. The van der Waals surface area contributed by atoms with Crippen molar-refractivity contribution in [2.24, 2.45) is 12.5 Å². The van der Waals surface area contributed by atoms with Crippen LogP contribution in [0, 0.1) is 5.41 Å². The van der Waals surface area contributed by atoms with E-state index in [1.807, 2.05) is 17.8 Å². The number of amides is 2. The summed E-state index contributed by atoms with van der Waals surface area (Å²) in [5.41, 5.74) is 0.734. The highest BCUT2D eigenvalue weighted by Gasteiger charge is 2.25. The van der Waals surface area contributed by atoms with E-state index in [4.69, 9.17) is 4.74 Å². The largest absolute Gasteiger partial charge is 0.415 e. The summed E-state index contributed by atoms with van der Waals surface area (Å²) in [4.78, 5) is 30.8. The molecule has 1 aromatic carbocycles. The van der Waals surface area contributed by atoms with Gasteiger partial charge in [-0.1, -0.05) is 32.5 Å². The third kappa shape index (κ3) is 7.02. The second-order valence-electron chi connectivity index (χ2n) is 9.08. The maximum absolute atomic E-state index is 12.5. The second kappa shape index (κ2) is 10.2. The summed E-state index contributed by atoms with van der Waals surface area (Å²) in [5, 5.41) is 4.38. The van der Waals surface area contributed by atoms with Crippen molar-refractivity contribution in [2.75, 3.05) is 19.6 Å². The minimum Gasteiger partial charge on any atom is -0.410 e. The number of nitrogens with one attached hydrogen (secondary N) is 1. The van der Waals surface area contributed by atoms with Gasteiger partial charge in [-0.2, -0.15) is 0 Å². The van der Waals surface area contributed by atoms with E-state index in [1.165, 1.54) is 0 Å². The van der Waals surface area contributed by atoms with Gasteiger partial charge in [-0.05, 0) is 48.9 Å². The summed E-state index contributed by atoms with van der Waals surface area (Å²) in [6.07, 6.45) is 6.11. The lowest BCUT2D eigenvalue weighted by molar-refractivity contribution is 0.0949. The highest BCUT2D eigenvalue weighted by molar-refractivity contribution is 7.99. The van der Waals surface area contributed by atoms with Gasteiger partial charge >= 0.3 is 6.09 Å². The molecule has 0 unspecified atom stereocenters. The van der Waals surface area contributed by atoms with Crippen LogP contribution in [0.15, 0.2) is 41.8 Å². The van der Waals surface area contributed by atoms with E-state index in [1.54, 1.807) is 47.1 Å². The minimum atomic E-state index is -0.345. The van der Waals surface area contributed by atoms with Crippen molar-refractivity contribution in [3.05, 3.63) is 42.2 Å². The molecule has 2 heterocycles. The fourth-order valence-electron chi connectivity index (χ4n) is 3.26. The normalized spacial score (nSPS) is 15.0. The van der Waals surface area contributed by atoms with Crippen LogP contribution >= 0.6 is 11.8 Å². The molecule has 1 N–H and O–H groups in total. The number of imidazole rings is 1. The molecule has 1 aliphatic rings. The van der Waals surface area contributed by atoms with Crippen molar-refractivity contribution in [3.8, 4) is 5.75 Å². The zero-order chi connectivity index (χ0) is 22.4. The van der Waals surface area contributed by atoms with Crippen molar-refractivity contribution in [3.63, 3.8) is 0 Å². The topological polar surface area (TPSA) is 76.5 Å². The van der Waals surface area contributed by atoms with Gasteiger partial charge in [-0.3, -0.25) is 4.79 Å². The van der Waals surface area contributed by atoms with Crippen LogP contribution in [0.4, 0.5) is 4.79 Å². The molecule has 0 bridgehead atoms. The number of hydrogen-bond donors (Lipinski definition) is 1. The van der Waals surface area contributed by atoms with Gasteiger partial charge in [-0.15, -0.1) is 0 Å². The lowest BCUT2D eigenvalue weighted by Gasteiger charge is -2.30. The monoisotopic (exact) mass is 444 g/mol. The quantitative estimate of drug-likeness (QED) is 0.717. The van der Waals surface area contributed by atoms with Crippen LogP contribution in [-0.2, 0) is 7.05 Å². The summed E-state index contributed by atoms with van der Waals surface area (Å²) in [6, 6.07) is 6.70. The van der Waals surface area contributed by atoms with E-state index in [9.17, 15) is 9.59 Å². The average Bonchev–Trinajstić information content (AvgIpc) is 3.12. The van der Waals surface area contributed by atoms with Crippen molar-refractivity contribution >= 4 is 23.8 Å². The first-order valence-electron chi connectivity index (χ1n) is 10.7. The Morgan fingerprint density at radius 3 is 2.45 bits per heavy atom. The molecule has 3 rings (SSSR count). The minimum absolute atomic E-state index is 0.116. The molecule has 168 valence electrons. The van der Waals surface area contributed by atoms with E-state index in [0.29, 0.717) is 36.2 Å². The molecular weight excluding hydrogens is 412 g/mol. The maximum Gasteiger partial charge on any atom is 0.415 e. The van der Waals surface area contributed by atoms with Gasteiger partial charge in [0.2, 0.25) is 0 Å². The third-order valence-electron chi connectivity index (χ3n) is 5.23. The number of hydrogen-bond acceptors (Lipinski definition) is 5. The van der Waals surface area contributed by atoms with Crippen LogP contribution in [0.25, 0.3) is 0 Å². The van der Waals surface area contributed by atoms with Crippen LogP contribution in [0.3, 0.4) is 0 Å². The van der Waals surface area contributed by atoms with Gasteiger partial charge in [-0.25, -0.2) is 9.78 Å². The molecule has 0 radical (unpaired) electrons. The Kier molecular flexibility index (Phi) is 7.64. The van der Waals surface area contributed by atoms with E-state index >= 15 is 0 Å². The molecule has 1 aromatic heterocycles. The first-order chi connectivity index (χ1) is 14.7. The molecule has 1 saturated heterocycles.